The topological polar surface area (TPSA) is 85.5 Å². The highest BCUT2D eigenvalue weighted by molar-refractivity contribution is 5.79. The fourth-order valence-electron chi connectivity index (χ4n) is 5.73. The Morgan fingerprint density at radius 1 is 0.878 bits per heavy atom. The van der Waals surface area contributed by atoms with E-state index in [9.17, 15) is 9.59 Å². The van der Waals surface area contributed by atoms with E-state index in [2.05, 4.69) is 70.0 Å². The molecule has 41 heavy (non-hydrogen) atoms. The molecule has 3 aromatic carbocycles. The Morgan fingerprint density at radius 3 is 2.12 bits per heavy atom. The molecule has 8 nitrogen and oxygen atoms in total. The molecule has 0 bridgehead atoms. The van der Waals surface area contributed by atoms with Crippen molar-refractivity contribution in [3.8, 4) is 11.1 Å². The van der Waals surface area contributed by atoms with Gasteiger partial charge in [-0.1, -0.05) is 54.6 Å². The third-order valence-corrected chi connectivity index (χ3v) is 7.45. The van der Waals surface area contributed by atoms with Crippen LogP contribution in [0.5, 0.6) is 0 Å². The number of hydrogen-bond donors (Lipinski definition) is 2. The normalized spacial score (nSPS) is 12.6. The monoisotopic (exact) mass is 555 g/mol. The molecule has 1 aromatic heterocycles. The molecule has 2 N–H and O–H groups in total. The van der Waals surface area contributed by atoms with Crippen LogP contribution in [0.2, 0.25) is 0 Å². The number of benzene rings is 3. The number of aryl methyl sites for hydroxylation is 2. The van der Waals surface area contributed by atoms with Crippen LogP contribution in [0.15, 0.2) is 66.7 Å². The molecule has 0 fully saturated rings. The molecule has 1 aliphatic rings. The lowest BCUT2D eigenvalue weighted by Crippen LogP contribution is -2.41. The molecule has 0 atom stereocenters. The first-order chi connectivity index (χ1) is 19.7. The summed E-state index contributed by atoms with van der Waals surface area (Å²) >= 11 is 0. The van der Waals surface area contributed by atoms with Crippen molar-refractivity contribution in [2.24, 2.45) is 0 Å². The van der Waals surface area contributed by atoms with Crippen molar-refractivity contribution in [3.05, 3.63) is 89.2 Å². The minimum atomic E-state index is -0.558. The average molecular weight is 556 g/mol. The number of nitrogens with zero attached hydrogens (tertiary/aromatic N) is 2. The van der Waals surface area contributed by atoms with Gasteiger partial charge in [-0.3, -0.25) is 0 Å². The van der Waals surface area contributed by atoms with E-state index >= 15 is 0 Å². The molecule has 5 rings (SSSR count). The molecule has 0 unspecified atom stereocenters. The Morgan fingerprint density at radius 2 is 1.51 bits per heavy atom. The molecule has 0 spiro atoms. The molecule has 2 amide bonds. The summed E-state index contributed by atoms with van der Waals surface area (Å²) in [5, 5.41) is 5.81. The number of ether oxygens (including phenoxy) is 2. The largest absolute Gasteiger partial charge is 0.449 e. The number of aromatic nitrogens is 2. The summed E-state index contributed by atoms with van der Waals surface area (Å²) in [7, 11) is 0. The molecule has 0 saturated carbocycles. The minimum Gasteiger partial charge on any atom is -0.449 e. The summed E-state index contributed by atoms with van der Waals surface area (Å²) in [4.78, 5) is 25.0. The van der Waals surface area contributed by atoms with Crippen LogP contribution in [0.25, 0.3) is 22.2 Å². The van der Waals surface area contributed by atoms with E-state index in [1.165, 1.54) is 22.3 Å². The lowest BCUT2D eigenvalue weighted by Gasteiger charge is -2.19. The first-order valence-corrected chi connectivity index (χ1v) is 14.3. The standard InChI is InChI=1S/C33H38N4O4/c1-6-36-28-17-16-22(18-29(28)37(7-2)30(36)20-35-32(39)41-33(3,4)5)19-34-31(38)40-21-27-25-14-10-8-12-23(25)24-13-9-11-15-26(24)27/h8-18,27H,6-7,19-21H2,1-5H3,(H-,34,35,38,39)/p+1. The molecule has 1 heterocycles. The van der Waals surface area contributed by atoms with Crippen LogP contribution in [0.1, 0.15) is 63.1 Å². The Hall–Kier alpha value is -4.33. The third kappa shape index (κ3) is 5.92. The van der Waals surface area contributed by atoms with Gasteiger partial charge in [0.1, 0.15) is 18.8 Å². The van der Waals surface area contributed by atoms with E-state index in [-0.39, 0.29) is 12.5 Å². The number of carbonyl (C=O) groups excluding carboxylic acids is 2. The van der Waals surface area contributed by atoms with Gasteiger partial charge in [-0.15, -0.1) is 0 Å². The molecular weight excluding hydrogens is 516 g/mol. The van der Waals surface area contributed by atoms with Crippen LogP contribution in [-0.2, 0) is 35.7 Å². The Balaban J connectivity index is 1.25. The van der Waals surface area contributed by atoms with Gasteiger partial charge in [-0.2, -0.15) is 0 Å². The van der Waals surface area contributed by atoms with Gasteiger partial charge in [0.15, 0.2) is 11.0 Å². The number of amides is 2. The predicted molar refractivity (Wildman–Crippen MR) is 158 cm³/mol. The van der Waals surface area contributed by atoms with Gasteiger partial charge in [0.25, 0.3) is 5.82 Å². The molecule has 4 aromatic rings. The van der Waals surface area contributed by atoms with Crippen LogP contribution in [0.4, 0.5) is 9.59 Å². The summed E-state index contributed by atoms with van der Waals surface area (Å²) in [5.41, 5.74) is 7.30. The first-order valence-electron chi connectivity index (χ1n) is 14.3. The Bertz CT molecular complexity index is 1540. The van der Waals surface area contributed by atoms with Crippen LogP contribution in [-0.4, -0.2) is 29.0 Å². The van der Waals surface area contributed by atoms with Crippen LogP contribution < -0.4 is 15.2 Å². The lowest BCUT2D eigenvalue weighted by molar-refractivity contribution is -0.676. The lowest BCUT2D eigenvalue weighted by atomic mass is 9.98. The second-order valence-corrected chi connectivity index (χ2v) is 11.3. The first kappa shape index (κ1) is 28.2. The fourth-order valence-corrected chi connectivity index (χ4v) is 5.73. The summed E-state index contributed by atoms with van der Waals surface area (Å²) in [6.07, 6.45) is -0.884. The van der Waals surface area contributed by atoms with Crippen molar-refractivity contribution in [1.82, 2.24) is 15.2 Å². The molecule has 8 heteroatoms. The van der Waals surface area contributed by atoms with E-state index in [0.29, 0.717) is 13.1 Å². The SMILES string of the molecule is CCn1c(CNC(=O)OC(C)(C)C)[n+](CC)c2ccc(CNC(=O)OCC3c4ccccc4-c4ccccc43)cc21. The maximum absolute atomic E-state index is 12.7. The molecule has 0 aliphatic heterocycles. The summed E-state index contributed by atoms with van der Waals surface area (Å²) in [5.74, 6) is 1.01. The van der Waals surface area contributed by atoms with Crippen molar-refractivity contribution in [2.75, 3.05) is 6.61 Å². The van der Waals surface area contributed by atoms with Gasteiger partial charge in [0.05, 0.1) is 13.1 Å². The maximum Gasteiger partial charge on any atom is 0.408 e. The van der Waals surface area contributed by atoms with E-state index in [0.717, 1.165) is 35.5 Å². The van der Waals surface area contributed by atoms with Crippen molar-refractivity contribution in [2.45, 2.75) is 72.3 Å². The van der Waals surface area contributed by atoms with Crippen LogP contribution in [0, 0.1) is 0 Å². The van der Waals surface area contributed by atoms with Gasteiger partial charge >= 0.3 is 12.2 Å². The highest BCUT2D eigenvalue weighted by Gasteiger charge is 2.29. The molecule has 0 saturated heterocycles. The van der Waals surface area contributed by atoms with E-state index in [1.807, 2.05) is 51.1 Å². The van der Waals surface area contributed by atoms with Gasteiger partial charge in [-0.25, -0.2) is 18.7 Å². The second kappa shape index (κ2) is 11.6. The summed E-state index contributed by atoms with van der Waals surface area (Å²) in [6.45, 7) is 12.2. The van der Waals surface area contributed by atoms with Gasteiger partial charge in [0, 0.05) is 12.5 Å². The van der Waals surface area contributed by atoms with Crippen molar-refractivity contribution in [1.29, 1.82) is 0 Å². The number of imidazole rings is 1. The number of fused-ring (bicyclic) bond motifs is 4. The number of alkyl carbamates (subject to hydrolysis) is 2. The number of nitrogens with one attached hydrogen (secondary N) is 2. The Kier molecular flexibility index (Phi) is 8.01. The maximum atomic E-state index is 12.7. The smallest absolute Gasteiger partial charge is 0.408 e. The zero-order valence-electron chi connectivity index (χ0n) is 24.5. The van der Waals surface area contributed by atoms with Gasteiger partial charge in [-0.05, 0) is 74.6 Å². The average Bonchev–Trinajstić information content (AvgIpc) is 3.44. The highest BCUT2D eigenvalue weighted by Crippen LogP contribution is 2.44. The zero-order valence-corrected chi connectivity index (χ0v) is 24.5. The van der Waals surface area contributed by atoms with Crippen molar-refractivity contribution >= 4 is 23.2 Å². The highest BCUT2D eigenvalue weighted by atomic mass is 16.6. The van der Waals surface area contributed by atoms with Crippen molar-refractivity contribution < 1.29 is 23.6 Å². The summed E-state index contributed by atoms with van der Waals surface area (Å²) < 4.78 is 15.5. The van der Waals surface area contributed by atoms with Gasteiger partial charge in [0.2, 0.25) is 0 Å². The van der Waals surface area contributed by atoms with Crippen molar-refractivity contribution in [3.63, 3.8) is 0 Å². The summed E-state index contributed by atoms with van der Waals surface area (Å²) in [6, 6.07) is 22.8. The molecule has 1 aliphatic carbocycles. The predicted octanol–water partition coefficient (Wildman–Crippen LogP) is 6.03. The number of rotatable bonds is 8. The zero-order chi connectivity index (χ0) is 29.1. The molecular formula is C33H39N4O4+. The fraction of sp³-hybridized carbons (Fsp3) is 0.364. The quantitative estimate of drug-likeness (QED) is 0.260. The van der Waals surface area contributed by atoms with E-state index in [4.69, 9.17) is 9.47 Å². The van der Waals surface area contributed by atoms with E-state index in [1.54, 1.807) is 0 Å². The molecule has 214 valence electrons. The number of carbonyl (C=O) groups is 2. The van der Waals surface area contributed by atoms with Crippen LogP contribution >= 0.6 is 0 Å². The molecule has 0 radical (unpaired) electrons. The van der Waals surface area contributed by atoms with E-state index < -0.39 is 17.8 Å². The van der Waals surface area contributed by atoms with Crippen LogP contribution in [0.3, 0.4) is 0 Å². The second-order valence-electron chi connectivity index (χ2n) is 11.3. The van der Waals surface area contributed by atoms with Gasteiger partial charge < -0.3 is 20.1 Å². The minimum absolute atomic E-state index is 0.0227. The number of hydrogen-bond acceptors (Lipinski definition) is 4. The Labute approximate surface area is 241 Å². The third-order valence-electron chi connectivity index (χ3n) is 7.45.